The highest BCUT2D eigenvalue weighted by Gasteiger charge is 2.20. The molecule has 36 heavy (non-hydrogen) atoms. The summed E-state index contributed by atoms with van der Waals surface area (Å²) in [6, 6.07) is 8.09. The Morgan fingerprint density at radius 1 is 1.08 bits per heavy atom. The molecule has 188 valence electrons. The molecule has 0 spiro atoms. The third-order valence-corrected chi connectivity index (χ3v) is 8.00. The molecule has 5 N–H and O–H groups in total. The molecule has 1 aliphatic rings. The van der Waals surface area contributed by atoms with E-state index < -0.39 is 25.3 Å². The molecular formula is C23H24N6O5S2. The lowest BCUT2D eigenvalue weighted by atomic mass is 10.0. The van der Waals surface area contributed by atoms with Crippen molar-refractivity contribution >= 4 is 31.4 Å². The van der Waals surface area contributed by atoms with Crippen LogP contribution in [0.15, 0.2) is 75.9 Å². The van der Waals surface area contributed by atoms with E-state index >= 15 is 0 Å². The molecule has 0 amide bonds. The Hall–Kier alpha value is -3.81. The van der Waals surface area contributed by atoms with Crippen molar-refractivity contribution in [1.82, 2.24) is 19.8 Å². The average Bonchev–Trinajstić information content (AvgIpc) is 3.33. The fourth-order valence-electron chi connectivity index (χ4n) is 3.34. The molecule has 2 heterocycles. The van der Waals surface area contributed by atoms with E-state index in [2.05, 4.69) is 19.8 Å². The normalized spacial score (nSPS) is 15.3. The molecule has 0 bridgehead atoms. The molecule has 0 unspecified atom stereocenters. The minimum absolute atomic E-state index is 0.146. The first-order valence-electron chi connectivity index (χ1n) is 10.8. The molecule has 2 aromatic heterocycles. The average molecular weight is 529 g/mol. The van der Waals surface area contributed by atoms with Crippen LogP contribution >= 0.6 is 0 Å². The largest absolute Gasteiger partial charge is 0.382 e. The van der Waals surface area contributed by atoms with Crippen LogP contribution in [-0.2, 0) is 20.0 Å². The lowest BCUT2D eigenvalue weighted by molar-refractivity contribution is 0.429. The smallest absolute Gasteiger partial charge is 0.296 e. The zero-order chi connectivity index (χ0) is 26.1. The van der Waals surface area contributed by atoms with E-state index in [-0.39, 0.29) is 10.7 Å². The van der Waals surface area contributed by atoms with Crippen molar-refractivity contribution < 1.29 is 21.4 Å². The molecular weight excluding hydrogens is 504 g/mol. The van der Waals surface area contributed by atoms with E-state index in [1.54, 1.807) is 44.2 Å². The van der Waals surface area contributed by atoms with Gasteiger partial charge in [0.2, 0.25) is 0 Å². The maximum atomic E-state index is 12.4. The molecule has 0 saturated heterocycles. The van der Waals surface area contributed by atoms with Crippen molar-refractivity contribution in [2.24, 2.45) is 5.14 Å². The first-order valence-corrected chi connectivity index (χ1v) is 13.8. The second kappa shape index (κ2) is 9.68. The monoisotopic (exact) mass is 528 g/mol. The highest BCUT2D eigenvalue weighted by Crippen LogP contribution is 2.30. The fourth-order valence-corrected chi connectivity index (χ4v) is 4.72. The molecule has 4 rings (SSSR count). The number of rotatable bonds is 7. The number of nitrogen functional groups attached to an aromatic ring is 1. The van der Waals surface area contributed by atoms with Crippen LogP contribution in [-0.4, -0.2) is 37.2 Å². The molecule has 1 aliphatic carbocycles. The van der Waals surface area contributed by atoms with E-state index in [0.717, 1.165) is 5.57 Å². The number of hydrogen-bond acceptors (Lipinski definition) is 9. The summed E-state index contributed by atoms with van der Waals surface area (Å²) in [4.78, 5) is 9.01. The van der Waals surface area contributed by atoms with Crippen LogP contribution in [0.3, 0.4) is 0 Å². The van der Waals surface area contributed by atoms with Gasteiger partial charge in [0.1, 0.15) is 5.69 Å². The Balaban J connectivity index is 1.57. The lowest BCUT2D eigenvalue weighted by Gasteiger charge is -2.09. The predicted molar refractivity (Wildman–Crippen MR) is 136 cm³/mol. The van der Waals surface area contributed by atoms with Crippen molar-refractivity contribution in [3.63, 3.8) is 0 Å². The number of nitrogens with one attached hydrogen (secondary N) is 1. The molecule has 0 fully saturated rings. The maximum Gasteiger partial charge on any atom is 0.296 e. The molecule has 0 radical (unpaired) electrons. The summed E-state index contributed by atoms with van der Waals surface area (Å²) < 4.78 is 54.4. The van der Waals surface area contributed by atoms with Gasteiger partial charge in [-0.1, -0.05) is 35.5 Å². The van der Waals surface area contributed by atoms with Gasteiger partial charge in [-0.05, 0) is 38.0 Å². The van der Waals surface area contributed by atoms with Crippen molar-refractivity contribution in [2.45, 2.75) is 30.4 Å². The van der Waals surface area contributed by atoms with Crippen LogP contribution in [0.2, 0.25) is 0 Å². The molecule has 3 aromatic rings. The number of anilines is 1. The van der Waals surface area contributed by atoms with Crippen LogP contribution in [0.5, 0.6) is 0 Å². The summed E-state index contributed by atoms with van der Waals surface area (Å²) in [5.41, 5.74) is 9.51. The summed E-state index contributed by atoms with van der Waals surface area (Å²) >= 11 is 0. The molecule has 0 saturated carbocycles. The van der Waals surface area contributed by atoms with Gasteiger partial charge in [-0.3, -0.25) is 4.72 Å². The van der Waals surface area contributed by atoms with Gasteiger partial charge in [-0.2, -0.15) is 8.42 Å². The Kier molecular flexibility index (Phi) is 6.80. The van der Waals surface area contributed by atoms with Crippen LogP contribution in [0.1, 0.15) is 26.0 Å². The van der Waals surface area contributed by atoms with Gasteiger partial charge in [-0.25, -0.2) is 23.5 Å². The highest BCUT2D eigenvalue weighted by atomic mass is 32.2. The van der Waals surface area contributed by atoms with Crippen LogP contribution < -0.4 is 15.6 Å². The van der Waals surface area contributed by atoms with Crippen molar-refractivity contribution in [1.29, 1.82) is 0 Å². The third kappa shape index (κ3) is 5.53. The minimum Gasteiger partial charge on any atom is -0.382 e. The number of nitrogens with zero attached hydrogens (tertiary/aromatic N) is 3. The van der Waals surface area contributed by atoms with Gasteiger partial charge >= 0.3 is 0 Å². The van der Waals surface area contributed by atoms with Gasteiger partial charge in [0, 0.05) is 23.4 Å². The third-order valence-electron chi connectivity index (χ3n) is 5.38. The topological polar surface area (TPSA) is 184 Å². The quantitative estimate of drug-likeness (QED) is 0.414. The molecule has 1 aromatic carbocycles. The van der Waals surface area contributed by atoms with Crippen molar-refractivity contribution in [2.75, 3.05) is 5.73 Å². The second-order valence-corrected chi connectivity index (χ2v) is 12.1. The Bertz CT molecular complexity index is 1600. The maximum absolute atomic E-state index is 12.4. The SMILES string of the molecule is CC(C)S(=O)(=O)c1ccc(-c2cnc(N)c(-c3cc(C4=CCC(=CNS(N)(=O)=O)C=C4)no3)n2)cc1. The first-order chi connectivity index (χ1) is 16.9. The van der Waals surface area contributed by atoms with Crippen molar-refractivity contribution in [3.05, 3.63) is 72.2 Å². The summed E-state index contributed by atoms with van der Waals surface area (Å²) in [6.07, 6.45) is 8.63. The number of hydrogen-bond donors (Lipinski definition) is 3. The Labute approximate surface area is 208 Å². The van der Waals surface area contributed by atoms with Gasteiger partial charge in [-0.15, -0.1) is 0 Å². The second-order valence-electron chi connectivity index (χ2n) is 8.26. The number of aromatic nitrogens is 3. The van der Waals surface area contributed by atoms with Gasteiger partial charge in [0.05, 0.1) is 22.0 Å². The number of allylic oxidation sites excluding steroid dienone is 5. The Morgan fingerprint density at radius 2 is 1.81 bits per heavy atom. The molecule has 0 aliphatic heterocycles. The number of sulfone groups is 1. The summed E-state index contributed by atoms with van der Waals surface area (Å²) in [6.45, 7) is 3.26. The van der Waals surface area contributed by atoms with Gasteiger partial charge < -0.3 is 10.3 Å². The number of benzene rings is 1. The Morgan fingerprint density at radius 3 is 2.42 bits per heavy atom. The summed E-state index contributed by atoms with van der Waals surface area (Å²) in [5, 5.41) is 8.50. The van der Waals surface area contributed by atoms with E-state index in [4.69, 9.17) is 15.4 Å². The molecule has 13 heteroatoms. The summed E-state index contributed by atoms with van der Waals surface area (Å²) in [5.74, 6) is 0.454. The number of nitrogens with two attached hydrogens (primary N) is 2. The van der Waals surface area contributed by atoms with Crippen LogP contribution in [0, 0.1) is 0 Å². The van der Waals surface area contributed by atoms with Gasteiger partial charge in [0.25, 0.3) is 10.2 Å². The van der Waals surface area contributed by atoms with Gasteiger partial charge in [0.15, 0.2) is 27.1 Å². The zero-order valence-corrected chi connectivity index (χ0v) is 21.0. The minimum atomic E-state index is -3.82. The van der Waals surface area contributed by atoms with Crippen LogP contribution in [0.4, 0.5) is 5.82 Å². The predicted octanol–water partition coefficient (Wildman–Crippen LogP) is 2.58. The highest BCUT2D eigenvalue weighted by molar-refractivity contribution is 7.92. The standard InChI is InChI=1S/C23H24N6O5S2/c1-14(2)35(30,31)18-9-7-17(8-10-18)20-13-26-23(24)22(28-20)21-11-19(29-34-21)16-5-3-15(4-6-16)12-27-36(25,32)33/h3,5-14,27H,4H2,1-2H3,(H2,24,26)(H2,25,32,33). The van der Waals surface area contributed by atoms with E-state index in [9.17, 15) is 16.8 Å². The zero-order valence-electron chi connectivity index (χ0n) is 19.4. The van der Waals surface area contributed by atoms with E-state index in [1.807, 2.05) is 6.08 Å². The van der Waals surface area contributed by atoms with Crippen LogP contribution in [0.25, 0.3) is 28.3 Å². The van der Waals surface area contributed by atoms with E-state index in [1.165, 1.54) is 24.5 Å². The molecule has 11 nitrogen and oxygen atoms in total. The fraction of sp³-hybridized carbons (Fsp3) is 0.174. The summed E-state index contributed by atoms with van der Waals surface area (Å²) in [7, 11) is -7.20. The lowest BCUT2D eigenvalue weighted by Crippen LogP contribution is -2.26. The first kappa shape index (κ1) is 25.3. The molecule has 0 atom stereocenters. The van der Waals surface area contributed by atoms with E-state index in [0.29, 0.717) is 40.4 Å². The van der Waals surface area contributed by atoms with Crippen molar-refractivity contribution in [3.8, 4) is 22.7 Å².